The van der Waals surface area contributed by atoms with Gasteiger partial charge in [0, 0.05) is 5.54 Å². The third-order valence-corrected chi connectivity index (χ3v) is 6.44. The van der Waals surface area contributed by atoms with Crippen molar-refractivity contribution in [1.29, 1.82) is 0 Å². The summed E-state index contributed by atoms with van der Waals surface area (Å²) >= 11 is 0. The third kappa shape index (κ3) is 17.4. The van der Waals surface area contributed by atoms with Crippen molar-refractivity contribution in [2.75, 3.05) is 0 Å². The first-order valence-electron chi connectivity index (χ1n) is 12.5. The molecule has 0 aromatic rings. The van der Waals surface area contributed by atoms with Gasteiger partial charge in [-0.15, -0.1) is 0 Å². The lowest BCUT2D eigenvalue weighted by Gasteiger charge is -2.26. The molecule has 2 N–H and O–H groups in total. The zero-order valence-electron chi connectivity index (χ0n) is 18.9. The summed E-state index contributed by atoms with van der Waals surface area (Å²) in [6.07, 6.45) is 29.5. The van der Waals surface area contributed by atoms with Crippen LogP contribution in [0, 0.1) is 0 Å². The minimum atomic E-state index is 0.120. The fourth-order valence-electron chi connectivity index (χ4n) is 3.98. The average molecular weight is 368 g/mol. The first-order valence-corrected chi connectivity index (χ1v) is 12.5. The van der Waals surface area contributed by atoms with E-state index >= 15 is 0 Å². The number of rotatable bonds is 21. The van der Waals surface area contributed by atoms with E-state index in [9.17, 15) is 0 Å². The number of nitrogens with two attached hydrogens (primary N) is 1. The molecular formula is C25H53N. The average Bonchev–Trinajstić information content (AvgIpc) is 2.66. The lowest BCUT2D eigenvalue weighted by molar-refractivity contribution is 0.350. The zero-order chi connectivity index (χ0) is 19.3. The van der Waals surface area contributed by atoms with Crippen LogP contribution in [0.2, 0.25) is 0 Å². The standard InChI is InChI=1S/C25H53N/c1-4-7-8-9-10-11-12-13-14-15-16-17-18-19-20-21-22-23-24-25(26,5-2)6-3/h4-24,26H2,1-3H3. The van der Waals surface area contributed by atoms with Gasteiger partial charge in [0.15, 0.2) is 0 Å². The van der Waals surface area contributed by atoms with E-state index in [-0.39, 0.29) is 5.54 Å². The Kier molecular flexibility index (Phi) is 19.7. The molecule has 0 unspecified atom stereocenters. The maximum absolute atomic E-state index is 6.37. The fourth-order valence-corrected chi connectivity index (χ4v) is 3.98. The lowest BCUT2D eigenvalue weighted by Crippen LogP contribution is -2.38. The molecule has 0 aliphatic rings. The van der Waals surface area contributed by atoms with Gasteiger partial charge >= 0.3 is 0 Å². The second-order valence-electron chi connectivity index (χ2n) is 8.83. The van der Waals surface area contributed by atoms with E-state index in [1.807, 2.05) is 0 Å². The Morgan fingerprint density at radius 3 is 0.962 bits per heavy atom. The molecule has 0 radical (unpaired) electrons. The van der Waals surface area contributed by atoms with Gasteiger partial charge in [-0.25, -0.2) is 0 Å². The Labute approximate surface area is 167 Å². The first-order chi connectivity index (χ1) is 12.7. The van der Waals surface area contributed by atoms with Gasteiger partial charge in [-0.1, -0.05) is 136 Å². The van der Waals surface area contributed by atoms with Crippen LogP contribution in [-0.4, -0.2) is 5.54 Å². The maximum Gasteiger partial charge on any atom is 0.0149 e. The monoisotopic (exact) mass is 367 g/mol. The minimum absolute atomic E-state index is 0.120. The maximum atomic E-state index is 6.37. The fraction of sp³-hybridized carbons (Fsp3) is 1.00. The van der Waals surface area contributed by atoms with Crippen molar-refractivity contribution >= 4 is 0 Å². The molecule has 0 amide bonds. The van der Waals surface area contributed by atoms with Crippen molar-refractivity contribution in [3.8, 4) is 0 Å². The van der Waals surface area contributed by atoms with Crippen molar-refractivity contribution in [2.24, 2.45) is 5.73 Å². The summed E-state index contributed by atoms with van der Waals surface area (Å²) < 4.78 is 0. The molecule has 1 heteroatoms. The van der Waals surface area contributed by atoms with E-state index in [1.165, 1.54) is 122 Å². The van der Waals surface area contributed by atoms with Crippen LogP contribution in [0.3, 0.4) is 0 Å². The van der Waals surface area contributed by atoms with Crippen LogP contribution in [0.1, 0.15) is 156 Å². The molecule has 1 nitrogen and oxygen atoms in total. The lowest BCUT2D eigenvalue weighted by atomic mass is 9.88. The molecule has 0 heterocycles. The molecule has 0 saturated heterocycles. The summed E-state index contributed by atoms with van der Waals surface area (Å²) in [5, 5.41) is 0. The molecule has 0 fully saturated rings. The Morgan fingerprint density at radius 1 is 0.423 bits per heavy atom. The van der Waals surface area contributed by atoms with Crippen molar-refractivity contribution in [1.82, 2.24) is 0 Å². The van der Waals surface area contributed by atoms with Crippen molar-refractivity contribution in [3.05, 3.63) is 0 Å². The Morgan fingerprint density at radius 2 is 0.692 bits per heavy atom. The Hall–Kier alpha value is -0.0400. The van der Waals surface area contributed by atoms with E-state index < -0.39 is 0 Å². The topological polar surface area (TPSA) is 26.0 Å². The third-order valence-electron chi connectivity index (χ3n) is 6.44. The van der Waals surface area contributed by atoms with Crippen LogP contribution in [-0.2, 0) is 0 Å². The quantitative estimate of drug-likeness (QED) is 0.201. The second-order valence-corrected chi connectivity index (χ2v) is 8.83. The molecular weight excluding hydrogens is 314 g/mol. The van der Waals surface area contributed by atoms with Gasteiger partial charge in [0.1, 0.15) is 0 Å². The highest BCUT2D eigenvalue weighted by molar-refractivity contribution is 4.80. The summed E-state index contributed by atoms with van der Waals surface area (Å²) in [6, 6.07) is 0. The molecule has 0 saturated carbocycles. The van der Waals surface area contributed by atoms with E-state index in [0.717, 1.165) is 12.8 Å². The summed E-state index contributed by atoms with van der Waals surface area (Å²) in [6.45, 7) is 6.77. The van der Waals surface area contributed by atoms with Crippen molar-refractivity contribution in [2.45, 2.75) is 161 Å². The normalized spacial score (nSPS) is 12.0. The highest BCUT2D eigenvalue weighted by Gasteiger charge is 2.18. The van der Waals surface area contributed by atoms with Gasteiger partial charge in [-0.05, 0) is 19.3 Å². The van der Waals surface area contributed by atoms with Crippen LogP contribution in [0.5, 0.6) is 0 Å². The summed E-state index contributed by atoms with van der Waals surface area (Å²) in [5.41, 5.74) is 6.49. The predicted octanol–water partition coefficient (Wildman–Crippen LogP) is 8.94. The minimum Gasteiger partial charge on any atom is -0.325 e. The molecule has 158 valence electrons. The summed E-state index contributed by atoms with van der Waals surface area (Å²) in [7, 11) is 0. The van der Waals surface area contributed by atoms with Crippen LogP contribution < -0.4 is 5.73 Å². The van der Waals surface area contributed by atoms with E-state index in [0.29, 0.717) is 0 Å². The van der Waals surface area contributed by atoms with Crippen molar-refractivity contribution in [3.63, 3.8) is 0 Å². The van der Waals surface area contributed by atoms with Gasteiger partial charge in [0.2, 0.25) is 0 Å². The predicted molar refractivity (Wildman–Crippen MR) is 121 cm³/mol. The summed E-state index contributed by atoms with van der Waals surface area (Å²) in [4.78, 5) is 0. The smallest absolute Gasteiger partial charge is 0.0149 e. The SMILES string of the molecule is CCCCCCCCCCCCCCCCCCCCC(N)(CC)CC. The van der Waals surface area contributed by atoms with Crippen LogP contribution in [0.25, 0.3) is 0 Å². The van der Waals surface area contributed by atoms with Gasteiger partial charge in [-0.3, -0.25) is 0 Å². The van der Waals surface area contributed by atoms with Crippen LogP contribution >= 0.6 is 0 Å². The summed E-state index contributed by atoms with van der Waals surface area (Å²) in [5.74, 6) is 0. The van der Waals surface area contributed by atoms with Gasteiger partial charge < -0.3 is 5.73 Å². The number of unbranched alkanes of at least 4 members (excludes halogenated alkanes) is 17. The molecule has 0 bridgehead atoms. The molecule has 0 aliphatic carbocycles. The molecule has 0 aromatic heterocycles. The van der Waals surface area contributed by atoms with Gasteiger partial charge in [-0.2, -0.15) is 0 Å². The van der Waals surface area contributed by atoms with Gasteiger partial charge in [0.05, 0.1) is 0 Å². The molecule has 0 aliphatic heterocycles. The molecule has 0 rings (SSSR count). The van der Waals surface area contributed by atoms with E-state index in [1.54, 1.807) is 0 Å². The second kappa shape index (κ2) is 19.7. The molecule has 0 spiro atoms. The largest absolute Gasteiger partial charge is 0.325 e. The van der Waals surface area contributed by atoms with Crippen LogP contribution in [0.4, 0.5) is 0 Å². The molecule has 26 heavy (non-hydrogen) atoms. The zero-order valence-corrected chi connectivity index (χ0v) is 18.9. The van der Waals surface area contributed by atoms with Gasteiger partial charge in [0.25, 0.3) is 0 Å². The van der Waals surface area contributed by atoms with Crippen molar-refractivity contribution < 1.29 is 0 Å². The van der Waals surface area contributed by atoms with Crippen LogP contribution in [0.15, 0.2) is 0 Å². The first kappa shape index (κ1) is 26.0. The number of hydrogen-bond donors (Lipinski definition) is 1. The Bertz CT molecular complexity index is 257. The highest BCUT2D eigenvalue weighted by Crippen LogP contribution is 2.20. The van der Waals surface area contributed by atoms with E-state index in [4.69, 9.17) is 5.73 Å². The molecule has 0 aromatic carbocycles. The number of hydrogen-bond acceptors (Lipinski definition) is 1. The Balaban J connectivity index is 3.11. The highest BCUT2D eigenvalue weighted by atomic mass is 14.7. The molecule has 0 atom stereocenters. The van der Waals surface area contributed by atoms with E-state index in [2.05, 4.69) is 20.8 Å².